The van der Waals surface area contributed by atoms with E-state index >= 15 is 0 Å². The van der Waals surface area contributed by atoms with Gasteiger partial charge in [-0.05, 0) is 18.6 Å². The fourth-order valence-corrected chi connectivity index (χ4v) is 2.98. The van der Waals surface area contributed by atoms with Gasteiger partial charge in [0.25, 0.3) is 5.91 Å². The van der Waals surface area contributed by atoms with Crippen molar-refractivity contribution >= 4 is 11.9 Å². The summed E-state index contributed by atoms with van der Waals surface area (Å²) in [5.74, 6) is -0.453. The number of aliphatic carboxylic acids is 1. The fourth-order valence-electron chi connectivity index (χ4n) is 2.98. The van der Waals surface area contributed by atoms with E-state index < -0.39 is 5.97 Å². The molecule has 10 nitrogen and oxygen atoms in total. The second kappa shape index (κ2) is 9.99. The number of ether oxygens (including phenoxy) is 3. The molecule has 1 fully saturated rings. The summed E-state index contributed by atoms with van der Waals surface area (Å²) in [6, 6.07) is 5.01. The maximum atomic E-state index is 12.5. The Hall–Kier alpha value is -2.98. The number of nitrogens with one attached hydrogen (secondary N) is 1. The third-order valence-corrected chi connectivity index (χ3v) is 4.49. The number of carboxylic acid groups (broad SMARTS) is 1. The molecule has 1 amide bonds. The van der Waals surface area contributed by atoms with Gasteiger partial charge in [-0.25, -0.2) is 4.68 Å². The molecule has 0 aliphatic carbocycles. The van der Waals surface area contributed by atoms with Crippen LogP contribution in [0.5, 0.6) is 5.75 Å². The molecule has 2 heterocycles. The van der Waals surface area contributed by atoms with Gasteiger partial charge in [-0.2, -0.15) is 0 Å². The molecule has 10 heteroatoms. The van der Waals surface area contributed by atoms with Gasteiger partial charge in [0, 0.05) is 24.6 Å². The lowest BCUT2D eigenvalue weighted by atomic mass is 10.1. The highest BCUT2D eigenvalue weighted by molar-refractivity contribution is 5.97. The van der Waals surface area contributed by atoms with Crippen LogP contribution in [0.3, 0.4) is 0 Å². The molecule has 0 saturated carbocycles. The lowest BCUT2D eigenvalue weighted by molar-refractivity contribution is -0.137. The van der Waals surface area contributed by atoms with Crippen LogP contribution in [0.4, 0.5) is 0 Å². The Kier molecular flexibility index (Phi) is 7.14. The summed E-state index contributed by atoms with van der Waals surface area (Å²) in [6.07, 6.45) is 2.54. The van der Waals surface area contributed by atoms with Gasteiger partial charge in [0.2, 0.25) is 0 Å². The molecule has 0 radical (unpaired) electrons. The highest BCUT2D eigenvalue weighted by Gasteiger charge is 2.17. The zero-order valence-corrected chi connectivity index (χ0v) is 16.2. The minimum Gasteiger partial charge on any atom is -0.496 e. The van der Waals surface area contributed by atoms with E-state index in [1.54, 1.807) is 18.2 Å². The van der Waals surface area contributed by atoms with Crippen LogP contribution in [0.25, 0.3) is 11.3 Å². The van der Waals surface area contributed by atoms with Crippen LogP contribution in [0, 0.1) is 5.92 Å². The first-order chi connectivity index (χ1) is 14.1. The van der Waals surface area contributed by atoms with Crippen molar-refractivity contribution in [2.24, 2.45) is 5.92 Å². The molecule has 1 aromatic carbocycles. The van der Waals surface area contributed by atoms with Crippen molar-refractivity contribution in [2.45, 2.75) is 13.0 Å². The summed E-state index contributed by atoms with van der Waals surface area (Å²) in [7, 11) is 1.48. The van der Waals surface area contributed by atoms with Crippen molar-refractivity contribution in [3.8, 4) is 17.0 Å². The first kappa shape index (κ1) is 20.7. The second-order valence-corrected chi connectivity index (χ2v) is 6.67. The van der Waals surface area contributed by atoms with Crippen LogP contribution in [0.15, 0.2) is 24.4 Å². The molecule has 0 bridgehead atoms. The van der Waals surface area contributed by atoms with E-state index in [1.807, 2.05) is 0 Å². The molecular weight excluding hydrogens is 380 g/mol. The van der Waals surface area contributed by atoms with E-state index in [9.17, 15) is 9.59 Å². The molecule has 29 heavy (non-hydrogen) atoms. The van der Waals surface area contributed by atoms with E-state index in [2.05, 4.69) is 15.6 Å². The van der Waals surface area contributed by atoms with E-state index in [0.717, 1.165) is 19.6 Å². The molecule has 1 saturated heterocycles. The van der Waals surface area contributed by atoms with Gasteiger partial charge in [-0.3, -0.25) is 9.59 Å². The number of methoxy groups -OCH3 is 1. The molecule has 1 aliphatic rings. The molecule has 2 aromatic rings. The molecule has 3 rings (SSSR count). The summed E-state index contributed by atoms with van der Waals surface area (Å²) < 4.78 is 17.4. The smallest absolute Gasteiger partial charge is 0.325 e. The van der Waals surface area contributed by atoms with Gasteiger partial charge in [0.1, 0.15) is 18.0 Å². The average Bonchev–Trinajstić information content (AvgIpc) is 3.38. The monoisotopic (exact) mass is 404 g/mol. The number of benzene rings is 1. The van der Waals surface area contributed by atoms with Gasteiger partial charge >= 0.3 is 5.97 Å². The van der Waals surface area contributed by atoms with Crippen LogP contribution in [-0.2, 0) is 20.8 Å². The molecule has 2 N–H and O–H groups in total. The Morgan fingerprint density at radius 2 is 2.28 bits per heavy atom. The predicted octanol–water partition coefficient (Wildman–Crippen LogP) is 0.821. The lowest BCUT2D eigenvalue weighted by Crippen LogP contribution is -2.28. The van der Waals surface area contributed by atoms with Gasteiger partial charge in [0.05, 0.1) is 38.7 Å². The van der Waals surface area contributed by atoms with Gasteiger partial charge in [-0.1, -0.05) is 11.3 Å². The van der Waals surface area contributed by atoms with Crippen molar-refractivity contribution in [2.75, 3.05) is 40.1 Å². The summed E-state index contributed by atoms with van der Waals surface area (Å²) in [4.78, 5) is 23.2. The largest absolute Gasteiger partial charge is 0.496 e. The number of rotatable bonds is 10. The van der Waals surface area contributed by atoms with E-state index in [1.165, 1.54) is 18.0 Å². The van der Waals surface area contributed by atoms with Crippen molar-refractivity contribution in [1.82, 2.24) is 20.3 Å². The third kappa shape index (κ3) is 5.75. The lowest BCUT2D eigenvalue weighted by Gasteiger charge is -2.12. The van der Waals surface area contributed by atoms with E-state index in [0.29, 0.717) is 48.2 Å². The maximum absolute atomic E-state index is 12.5. The molecule has 156 valence electrons. The van der Waals surface area contributed by atoms with Crippen molar-refractivity contribution < 1.29 is 28.9 Å². The molecule has 1 atom stereocenters. The van der Waals surface area contributed by atoms with Gasteiger partial charge in [-0.15, -0.1) is 5.10 Å². The van der Waals surface area contributed by atoms with Crippen molar-refractivity contribution in [1.29, 1.82) is 0 Å². The van der Waals surface area contributed by atoms with Crippen LogP contribution in [0.2, 0.25) is 0 Å². The summed E-state index contributed by atoms with van der Waals surface area (Å²) in [6.45, 7) is 2.70. The number of amides is 1. The SMILES string of the molecule is COc1cc(-c2cn(CC(=O)O)nn2)ccc1C(=O)NCCOCC1CCOC1. The minimum atomic E-state index is -1.01. The number of carbonyl (C=O) groups excluding carboxylic acids is 1. The number of hydrogen-bond donors (Lipinski definition) is 2. The van der Waals surface area contributed by atoms with Crippen LogP contribution in [0.1, 0.15) is 16.8 Å². The standard InChI is InChI=1S/C19H24N4O6/c1-27-17-8-14(16-9-23(22-21-16)10-18(24)25)2-3-15(17)19(26)20-5-7-29-12-13-4-6-28-11-13/h2-3,8-9,13H,4-7,10-12H2,1H3,(H,20,26)(H,24,25). The summed E-state index contributed by atoms with van der Waals surface area (Å²) >= 11 is 0. The molecule has 0 spiro atoms. The number of carboxylic acids is 1. The zero-order valence-electron chi connectivity index (χ0n) is 16.2. The topological polar surface area (TPSA) is 125 Å². The normalized spacial score (nSPS) is 16.0. The van der Waals surface area contributed by atoms with Crippen LogP contribution in [-0.4, -0.2) is 72.1 Å². The molecule has 1 unspecified atom stereocenters. The maximum Gasteiger partial charge on any atom is 0.325 e. The number of nitrogens with zero attached hydrogens (tertiary/aromatic N) is 3. The summed E-state index contributed by atoms with van der Waals surface area (Å²) in [5.41, 5.74) is 1.54. The van der Waals surface area contributed by atoms with Crippen LogP contribution < -0.4 is 10.1 Å². The number of carbonyl (C=O) groups is 2. The minimum absolute atomic E-state index is 0.268. The Morgan fingerprint density at radius 3 is 3.00 bits per heavy atom. The van der Waals surface area contributed by atoms with Crippen LogP contribution >= 0.6 is 0 Å². The molecule has 1 aliphatic heterocycles. The Morgan fingerprint density at radius 1 is 1.41 bits per heavy atom. The van der Waals surface area contributed by atoms with Crippen molar-refractivity contribution in [3.63, 3.8) is 0 Å². The second-order valence-electron chi connectivity index (χ2n) is 6.67. The quantitative estimate of drug-likeness (QED) is 0.558. The number of hydrogen-bond acceptors (Lipinski definition) is 7. The Bertz CT molecular complexity index is 847. The predicted molar refractivity (Wildman–Crippen MR) is 102 cm³/mol. The third-order valence-electron chi connectivity index (χ3n) is 4.49. The number of aromatic nitrogens is 3. The highest BCUT2D eigenvalue weighted by Crippen LogP contribution is 2.26. The Labute approximate surface area is 167 Å². The van der Waals surface area contributed by atoms with E-state index in [-0.39, 0.29) is 12.5 Å². The summed E-state index contributed by atoms with van der Waals surface area (Å²) in [5, 5.41) is 19.4. The molecule has 1 aromatic heterocycles. The van der Waals surface area contributed by atoms with Gasteiger partial charge in [0.15, 0.2) is 0 Å². The van der Waals surface area contributed by atoms with Gasteiger partial charge < -0.3 is 24.6 Å². The Balaban J connectivity index is 1.55. The molecular formula is C19H24N4O6. The van der Waals surface area contributed by atoms with E-state index in [4.69, 9.17) is 19.3 Å². The van der Waals surface area contributed by atoms with Crippen molar-refractivity contribution in [3.05, 3.63) is 30.0 Å². The fraction of sp³-hybridized carbons (Fsp3) is 0.474. The average molecular weight is 404 g/mol. The first-order valence-corrected chi connectivity index (χ1v) is 9.31. The zero-order chi connectivity index (χ0) is 20.6. The first-order valence-electron chi connectivity index (χ1n) is 9.31. The highest BCUT2D eigenvalue weighted by atomic mass is 16.5.